The maximum Gasteiger partial charge on any atom is 0.123 e. The van der Waals surface area contributed by atoms with Gasteiger partial charge < -0.3 is 10.4 Å². The number of hydrogen-bond donors (Lipinski definition) is 2. The summed E-state index contributed by atoms with van der Waals surface area (Å²) >= 11 is 0. The minimum atomic E-state index is -0.214. The van der Waals surface area contributed by atoms with Crippen LogP contribution in [-0.4, -0.2) is 5.11 Å². The van der Waals surface area contributed by atoms with Gasteiger partial charge in [0, 0.05) is 12.1 Å². The molecule has 0 aromatic heterocycles. The first-order chi connectivity index (χ1) is 9.60. The van der Waals surface area contributed by atoms with Crippen molar-refractivity contribution >= 4 is 0 Å². The first-order valence-corrected chi connectivity index (χ1v) is 6.90. The molecule has 0 spiro atoms. The molecule has 0 saturated heterocycles. The smallest absolute Gasteiger partial charge is 0.123 e. The zero-order valence-corrected chi connectivity index (χ0v) is 11.8. The molecule has 0 fully saturated rings. The van der Waals surface area contributed by atoms with Crippen LogP contribution in [0.2, 0.25) is 0 Å². The van der Waals surface area contributed by atoms with Crippen LogP contribution in [0.5, 0.6) is 5.75 Å². The fourth-order valence-corrected chi connectivity index (χ4v) is 2.33. The van der Waals surface area contributed by atoms with E-state index in [4.69, 9.17) is 0 Å². The van der Waals surface area contributed by atoms with Crippen LogP contribution in [0, 0.1) is 5.82 Å². The number of rotatable bonds is 5. The molecule has 20 heavy (non-hydrogen) atoms. The Balaban J connectivity index is 2.11. The van der Waals surface area contributed by atoms with Gasteiger partial charge in [-0.05, 0) is 48.7 Å². The maximum absolute atomic E-state index is 13.3. The van der Waals surface area contributed by atoms with Crippen molar-refractivity contribution in [1.82, 2.24) is 5.32 Å². The monoisotopic (exact) mass is 273 g/mol. The first-order valence-electron chi connectivity index (χ1n) is 6.90. The highest BCUT2D eigenvalue weighted by molar-refractivity contribution is 5.28. The predicted octanol–water partition coefficient (Wildman–Crippen LogP) is 4.33. The Bertz CT molecular complexity index is 553. The summed E-state index contributed by atoms with van der Waals surface area (Å²) in [5.74, 6) is 0.0515. The topological polar surface area (TPSA) is 32.3 Å². The molecule has 0 saturated carbocycles. The normalized spacial score (nSPS) is 13.9. The molecule has 2 nitrogen and oxygen atoms in total. The van der Waals surface area contributed by atoms with Crippen molar-refractivity contribution in [3.05, 3.63) is 65.5 Å². The van der Waals surface area contributed by atoms with Crippen LogP contribution in [0.1, 0.15) is 43.5 Å². The molecule has 0 radical (unpaired) electrons. The van der Waals surface area contributed by atoms with Crippen molar-refractivity contribution in [3.8, 4) is 5.75 Å². The number of aromatic hydroxyl groups is 1. The second kappa shape index (κ2) is 6.53. The summed E-state index contributed by atoms with van der Waals surface area (Å²) in [6, 6.07) is 14.1. The Kier molecular flexibility index (Phi) is 4.74. The van der Waals surface area contributed by atoms with Gasteiger partial charge in [0.15, 0.2) is 0 Å². The minimum Gasteiger partial charge on any atom is -0.508 e. The first kappa shape index (κ1) is 14.5. The molecule has 0 heterocycles. The van der Waals surface area contributed by atoms with Gasteiger partial charge in [0.2, 0.25) is 0 Å². The number of hydrogen-bond acceptors (Lipinski definition) is 2. The lowest BCUT2D eigenvalue weighted by Crippen LogP contribution is -2.24. The number of nitrogens with one attached hydrogen (secondary N) is 1. The molecule has 2 rings (SSSR count). The van der Waals surface area contributed by atoms with Gasteiger partial charge in [-0.15, -0.1) is 0 Å². The zero-order valence-electron chi connectivity index (χ0n) is 11.8. The molecule has 0 bridgehead atoms. The molecule has 0 aliphatic rings. The Morgan fingerprint density at radius 2 is 1.80 bits per heavy atom. The van der Waals surface area contributed by atoms with Crippen molar-refractivity contribution in [3.63, 3.8) is 0 Å². The van der Waals surface area contributed by atoms with Crippen molar-refractivity contribution in [2.45, 2.75) is 32.4 Å². The molecule has 2 aromatic carbocycles. The van der Waals surface area contributed by atoms with Crippen LogP contribution < -0.4 is 5.32 Å². The van der Waals surface area contributed by atoms with Crippen LogP contribution in [0.25, 0.3) is 0 Å². The second-order valence-electron chi connectivity index (χ2n) is 5.00. The van der Waals surface area contributed by atoms with E-state index in [-0.39, 0.29) is 23.7 Å². The third-order valence-electron chi connectivity index (χ3n) is 3.50. The summed E-state index contributed by atoms with van der Waals surface area (Å²) < 4.78 is 13.3. The fourth-order valence-electron chi connectivity index (χ4n) is 2.33. The van der Waals surface area contributed by atoms with Gasteiger partial charge in [0.25, 0.3) is 0 Å². The number of phenolic OH excluding ortho intramolecular Hbond substituents is 1. The summed E-state index contributed by atoms with van der Waals surface area (Å²) in [6.45, 7) is 4.13. The van der Waals surface area contributed by atoms with Crippen molar-refractivity contribution in [1.29, 1.82) is 0 Å². The molecule has 106 valence electrons. The van der Waals surface area contributed by atoms with E-state index >= 15 is 0 Å². The molecule has 3 heteroatoms. The molecular weight excluding hydrogens is 253 g/mol. The summed E-state index contributed by atoms with van der Waals surface area (Å²) in [5, 5.41) is 12.8. The van der Waals surface area contributed by atoms with Crippen LogP contribution in [0.3, 0.4) is 0 Å². The van der Waals surface area contributed by atoms with E-state index in [0.29, 0.717) is 0 Å². The molecule has 2 aromatic rings. The lowest BCUT2D eigenvalue weighted by atomic mass is 10.0. The number of benzene rings is 2. The highest BCUT2D eigenvalue weighted by Crippen LogP contribution is 2.24. The third kappa shape index (κ3) is 3.58. The largest absolute Gasteiger partial charge is 0.508 e. The van der Waals surface area contributed by atoms with E-state index in [0.717, 1.165) is 17.5 Å². The molecular formula is C17H20FNO. The Labute approximate surface area is 119 Å². The molecule has 0 amide bonds. The van der Waals surface area contributed by atoms with Gasteiger partial charge in [-0.3, -0.25) is 0 Å². The summed E-state index contributed by atoms with van der Waals surface area (Å²) in [4.78, 5) is 0. The average molecular weight is 273 g/mol. The molecule has 0 aliphatic carbocycles. The second-order valence-corrected chi connectivity index (χ2v) is 5.00. The quantitative estimate of drug-likeness (QED) is 0.849. The zero-order chi connectivity index (χ0) is 14.5. The standard InChI is InChI=1S/C17H20FNO/c1-3-17(13-7-9-16(20)10-8-13)19-12(2)14-5-4-6-15(18)11-14/h4-12,17,19-20H,3H2,1-2H3. The van der Waals surface area contributed by atoms with Gasteiger partial charge in [-0.25, -0.2) is 4.39 Å². The highest BCUT2D eigenvalue weighted by atomic mass is 19.1. The Morgan fingerprint density at radius 1 is 1.10 bits per heavy atom. The van der Waals surface area contributed by atoms with E-state index in [1.54, 1.807) is 24.3 Å². The molecule has 2 atom stereocenters. The fraction of sp³-hybridized carbons (Fsp3) is 0.294. The van der Waals surface area contributed by atoms with Crippen LogP contribution in [0.15, 0.2) is 48.5 Å². The van der Waals surface area contributed by atoms with Gasteiger partial charge in [0.1, 0.15) is 11.6 Å². The van der Waals surface area contributed by atoms with E-state index in [2.05, 4.69) is 12.2 Å². The van der Waals surface area contributed by atoms with Gasteiger partial charge >= 0.3 is 0 Å². The predicted molar refractivity (Wildman–Crippen MR) is 79.1 cm³/mol. The molecule has 2 N–H and O–H groups in total. The number of phenols is 1. The van der Waals surface area contributed by atoms with Crippen molar-refractivity contribution < 1.29 is 9.50 Å². The van der Waals surface area contributed by atoms with Gasteiger partial charge in [-0.2, -0.15) is 0 Å². The maximum atomic E-state index is 13.3. The number of halogens is 1. The van der Waals surface area contributed by atoms with Crippen molar-refractivity contribution in [2.24, 2.45) is 0 Å². The highest BCUT2D eigenvalue weighted by Gasteiger charge is 2.14. The SMILES string of the molecule is CCC(NC(C)c1cccc(F)c1)c1ccc(O)cc1. The summed E-state index contributed by atoms with van der Waals surface area (Å²) in [7, 11) is 0. The minimum absolute atomic E-state index is 0.0597. The Morgan fingerprint density at radius 3 is 2.40 bits per heavy atom. The third-order valence-corrected chi connectivity index (χ3v) is 3.50. The summed E-state index contributed by atoms with van der Waals surface area (Å²) in [6.07, 6.45) is 0.921. The molecule has 2 unspecified atom stereocenters. The summed E-state index contributed by atoms with van der Waals surface area (Å²) in [5.41, 5.74) is 2.05. The lowest BCUT2D eigenvalue weighted by molar-refractivity contribution is 0.451. The van der Waals surface area contributed by atoms with E-state index in [9.17, 15) is 9.50 Å². The Hall–Kier alpha value is -1.87. The molecule has 0 aliphatic heterocycles. The van der Waals surface area contributed by atoms with E-state index in [1.165, 1.54) is 6.07 Å². The van der Waals surface area contributed by atoms with Gasteiger partial charge in [0.05, 0.1) is 0 Å². The van der Waals surface area contributed by atoms with E-state index in [1.807, 2.05) is 25.1 Å². The van der Waals surface area contributed by atoms with E-state index < -0.39 is 0 Å². The van der Waals surface area contributed by atoms with Crippen LogP contribution in [0.4, 0.5) is 4.39 Å². The van der Waals surface area contributed by atoms with Crippen molar-refractivity contribution in [2.75, 3.05) is 0 Å². The van der Waals surface area contributed by atoms with Crippen LogP contribution >= 0.6 is 0 Å². The average Bonchev–Trinajstić information content (AvgIpc) is 2.45. The van der Waals surface area contributed by atoms with Gasteiger partial charge in [-0.1, -0.05) is 31.2 Å². The lowest BCUT2D eigenvalue weighted by Gasteiger charge is -2.23. The van der Waals surface area contributed by atoms with Crippen LogP contribution in [-0.2, 0) is 0 Å².